The molecule has 52 valence electrons. The summed E-state index contributed by atoms with van der Waals surface area (Å²) < 4.78 is 0. The van der Waals surface area contributed by atoms with Crippen molar-refractivity contribution in [2.24, 2.45) is 5.16 Å². The SMILES string of the molecule is CC(=NO)C(C)=C(C)C. The Morgan fingerprint density at radius 1 is 1.11 bits per heavy atom. The zero-order valence-electron chi connectivity index (χ0n) is 6.39. The van der Waals surface area contributed by atoms with Crippen LogP contribution in [-0.4, -0.2) is 10.9 Å². The molecule has 0 rings (SSSR count). The fourth-order valence-electron chi connectivity index (χ4n) is 0.437. The third-order valence-corrected chi connectivity index (χ3v) is 1.44. The van der Waals surface area contributed by atoms with Crippen LogP contribution in [0.3, 0.4) is 0 Å². The Labute approximate surface area is 55.9 Å². The summed E-state index contributed by atoms with van der Waals surface area (Å²) in [6, 6.07) is 0. The van der Waals surface area contributed by atoms with Gasteiger partial charge >= 0.3 is 0 Å². The molecule has 0 unspecified atom stereocenters. The molecule has 0 saturated heterocycles. The summed E-state index contributed by atoms with van der Waals surface area (Å²) >= 11 is 0. The van der Waals surface area contributed by atoms with Gasteiger partial charge in [-0.05, 0) is 33.3 Å². The molecular formula is C7H13NO. The van der Waals surface area contributed by atoms with Crippen LogP contribution in [0, 0.1) is 0 Å². The predicted molar refractivity (Wildman–Crippen MR) is 38.9 cm³/mol. The van der Waals surface area contributed by atoms with Gasteiger partial charge in [-0.3, -0.25) is 0 Å². The zero-order valence-corrected chi connectivity index (χ0v) is 6.39. The van der Waals surface area contributed by atoms with Crippen LogP contribution in [0.1, 0.15) is 27.7 Å². The number of rotatable bonds is 1. The molecule has 0 aromatic heterocycles. The van der Waals surface area contributed by atoms with E-state index in [9.17, 15) is 0 Å². The second kappa shape index (κ2) is 3.28. The van der Waals surface area contributed by atoms with E-state index in [0.29, 0.717) is 5.71 Å². The van der Waals surface area contributed by atoms with E-state index >= 15 is 0 Å². The van der Waals surface area contributed by atoms with E-state index in [4.69, 9.17) is 5.21 Å². The van der Waals surface area contributed by atoms with Gasteiger partial charge in [0.25, 0.3) is 0 Å². The molecule has 0 aliphatic carbocycles. The van der Waals surface area contributed by atoms with E-state index in [0.717, 1.165) is 5.57 Å². The number of oxime groups is 1. The van der Waals surface area contributed by atoms with Gasteiger partial charge in [0.05, 0.1) is 5.71 Å². The van der Waals surface area contributed by atoms with Gasteiger partial charge in [-0.15, -0.1) is 0 Å². The lowest BCUT2D eigenvalue weighted by molar-refractivity contribution is 0.319. The van der Waals surface area contributed by atoms with Crippen molar-refractivity contribution in [1.82, 2.24) is 0 Å². The first kappa shape index (κ1) is 8.21. The molecule has 0 radical (unpaired) electrons. The van der Waals surface area contributed by atoms with Gasteiger partial charge in [0.15, 0.2) is 0 Å². The lowest BCUT2D eigenvalue weighted by Gasteiger charge is -1.98. The molecule has 0 amide bonds. The highest BCUT2D eigenvalue weighted by atomic mass is 16.4. The second-order valence-corrected chi connectivity index (χ2v) is 2.31. The van der Waals surface area contributed by atoms with Crippen molar-refractivity contribution >= 4 is 5.71 Å². The van der Waals surface area contributed by atoms with Crippen molar-refractivity contribution in [3.63, 3.8) is 0 Å². The highest BCUT2D eigenvalue weighted by Crippen LogP contribution is 2.03. The first-order valence-electron chi connectivity index (χ1n) is 2.92. The standard InChI is InChI=1S/C7H13NO/c1-5(2)6(3)7(4)8-9/h9H,1-4H3. The monoisotopic (exact) mass is 127 g/mol. The molecule has 0 fully saturated rings. The summed E-state index contributed by atoms with van der Waals surface area (Å²) in [5.74, 6) is 0. The van der Waals surface area contributed by atoms with Crippen LogP contribution in [0.15, 0.2) is 16.3 Å². The van der Waals surface area contributed by atoms with Gasteiger partial charge < -0.3 is 5.21 Å². The number of allylic oxidation sites excluding steroid dienone is 2. The minimum absolute atomic E-state index is 0.690. The molecule has 2 heteroatoms. The molecule has 0 bridgehead atoms. The average Bonchev–Trinajstić information content (AvgIpc) is 1.84. The lowest BCUT2D eigenvalue weighted by atomic mass is 10.1. The van der Waals surface area contributed by atoms with Crippen molar-refractivity contribution in [3.8, 4) is 0 Å². The lowest BCUT2D eigenvalue weighted by Crippen LogP contribution is -1.94. The van der Waals surface area contributed by atoms with Crippen LogP contribution < -0.4 is 0 Å². The third kappa shape index (κ3) is 2.31. The molecule has 0 atom stereocenters. The smallest absolute Gasteiger partial charge is 0.0793 e. The summed E-state index contributed by atoms with van der Waals surface area (Å²) in [5.41, 5.74) is 2.93. The topological polar surface area (TPSA) is 32.6 Å². The van der Waals surface area contributed by atoms with Gasteiger partial charge in [0.2, 0.25) is 0 Å². The first-order valence-corrected chi connectivity index (χ1v) is 2.92. The maximum Gasteiger partial charge on any atom is 0.0793 e. The van der Waals surface area contributed by atoms with E-state index in [2.05, 4.69) is 5.16 Å². The van der Waals surface area contributed by atoms with E-state index in [1.807, 2.05) is 20.8 Å². The van der Waals surface area contributed by atoms with Crippen molar-refractivity contribution in [2.75, 3.05) is 0 Å². The Balaban J connectivity index is 4.40. The molecule has 2 nitrogen and oxygen atoms in total. The van der Waals surface area contributed by atoms with Crippen molar-refractivity contribution in [1.29, 1.82) is 0 Å². The molecule has 0 saturated carbocycles. The highest BCUT2D eigenvalue weighted by Gasteiger charge is 1.94. The van der Waals surface area contributed by atoms with Crippen molar-refractivity contribution < 1.29 is 5.21 Å². The summed E-state index contributed by atoms with van der Waals surface area (Å²) in [6.45, 7) is 7.70. The Morgan fingerprint density at radius 3 is 1.67 bits per heavy atom. The van der Waals surface area contributed by atoms with Crippen LogP contribution >= 0.6 is 0 Å². The molecule has 9 heavy (non-hydrogen) atoms. The Kier molecular flexibility index (Phi) is 2.99. The normalized spacial score (nSPS) is 11.3. The number of hydrogen-bond acceptors (Lipinski definition) is 2. The molecular weight excluding hydrogens is 114 g/mol. The maximum absolute atomic E-state index is 8.31. The summed E-state index contributed by atoms with van der Waals surface area (Å²) in [5, 5.41) is 11.4. The second-order valence-electron chi connectivity index (χ2n) is 2.31. The van der Waals surface area contributed by atoms with E-state index in [1.54, 1.807) is 6.92 Å². The minimum atomic E-state index is 0.690. The Bertz CT molecular complexity index is 152. The van der Waals surface area contributed by atoms with Gasteiger partial charge in [0.1, 0.15) is 0 Å². The molecule has 1 N–H and O–H groups in total. The van der Waals surface area contributed by atoms with Crippen molar-refractivity contribution in [2.45, 2.75) is 27.7 Å². The number of hydrogen-bond donors (Lipinski definition) is 1. The molecule has 0 aromatic carbocycles. The van der Waals surface area contributed by atoms with Crippen LogP contribution in [0.2, 0.25) is 0 Å². The fourth-order valence-corrected chi connectivity index (χ4v) is 0.437. The van der Waals surface area contributed by atoms with E-state index in [1.165, 1.54) is 5.57 Å². The summed E-state index contributed by atoms with van der Waals surface area (Å²) in [7, 11) is 0. The molecule has 0 aromatic rings. The van der Waals surface area contributed by atoms with Gasteiger partial charge in [-0.2, -0.15) is 0 Å². The Morgan fingerprint density at radius 2 is 1.56 bits per heavy atom. The maximum atomic E-state index is 8.31. The quantitative estimate of drug-likeness (QED) is 0.327. The first-order chi connectivity index (χ1) is 4.09. The van der Waals surface area contributed by atoms with Gasteiger partial charge in [-0.25, -0.2) is 0 Å². The predicted octanol–water partition coefficient (Wildman–Crippen LogP) is 2.19. The van der Waals surface area contributed by atoms with E-state index < -0.39 is 0 Å². The molecule has 0 heterocycles. The summed E-state index contributed by atoms with van der Waals surface area (Å²) in [6.07, 6.45) is 0. The average molecular weight is 127 g/mol. The van der Waals surface area contributed by atoms with Crippen LogP contribution in [0.25, 0.3) is 0 Å². The third-order valence-electron chi connectivity index (χ3n) is 1.44. The van der Waals surface area contributed by atoms with Crippen LogP contribution in [0.4, 0.5) is 0 Å². The number of nitrogens with zero attached hydrogens (tertiary/aromatic N) is 1. The zero-order chi connectivity index (χ0) is 7.44. The summed E-state index contributed by atoms with van der Waals surface area (Å²) in [4.78, 5) is 0. The van der Waals surface area contributed by atoms with E-state index in [-0.39, 0.29) is 0 Å². The fraction of sp³-hybridized carbons (Fsp3) is 0.571. The molecule has 0 aliphatic rings. The van der Waals surface area contributed by atoms with Crippen LogP contribution in [-0.2, 0) is 0 Å². The molecule has 0 spiro atoms. The van der Waals surface area contributed by atoms with Gasteiger partial charge in [-0.1, -0.05) is 10.7 Å². The van der Waals surface area contributed by atoms with Crippen molar-refractivity contribution in [3.05, 3.63) is 11.1 Å². The van der Waals surface area contributed by atoms with Crippen LogP contribution in [0.5, 0.6) is 0 Å². The largest absolute Gasteiger partial charge is 0.411 e. The Hall–Kier alpha value is -0.790. The highest BCUT2D eigenvalue weighted by molar-refractivity contribution is 5.97. The van der Waals surface area contributed by atoms with Gasteiger partial charge in [0, 0.05) is 0 Å². The molecule has 0 aliphatic heterocycles. The minimum Gasteiger partial charge on any atom is -0.411 e.